The van der Waals surface area contributed by atoms with E-state index in [1.807, 2.05) is 36.4 Å². The maximum Gasteiger partial charge on any atom is 0.303 e. The topological polar surface area (TPSA) is 70.1 Å². The lowest BCUT2D eigenvalue weighted by molar-refractivity contribution is -0.137. The zero-order chi connectivity index (χ0) is 24.1. The van der Waals surface area contributed by atoms with Crippen LogP contribution in [0.1, 0.15) is 32.6 Å². The van der Waals surface area contributed by atoms with Gasteiger partial charge >= 0.3 is 5.97 Å². The van der Waals surface area contributed by atoms with Crippen molar-refractivity contribution in [3.8, 4) is 16.9 Å². The van der Waals surface area contributed by atoms with E-state index in [4.69, 9.17) is 22.1 Å². The first-order valence-corrected chi connectivity index (χ1v) is 12.5. The number of fused-ring (bicyclic) bond motifs is 1. The lowest BCUT2D eigenvalue weighted by atomic mass is 10.0. The smallest absolute Gasteiger partial charge is 0.303 e. The number of benzene rings is 2. The van der Waals surface area contributed by atoms with E-state index in [9.17, 15) is 9.59 Å². The van der Waals surface area contributed by atoms with Crippen LogP contribution < -0.4 is 9.64 Å². The predicted octanol–water partition coefficient (Wildman–Crippen LogP) is 5.80. The SMILES string of the molecule is CCN1C(=CC=C2SC(=S)N(CCCCCC(=O)O)C2=O)Oc2ccc(-c3ccccc3)cc21. The molecule has 1 saturated heterocycles. The fraction of sp³-hybridized carbons (Fsp3) is 0.269. The van der Waals surface area contributed by atoms with Crippen LogP contribution in [-0.2, 0) is 9.59 Å². The number of amides is 1. The molecule has 0 spiro atoms. The van der Waals surface area contributed by atoms with Crippen LogP contribution in [0.5, 0.6) is 5.75 Å². The number of rotatable bonds is 9. The number of hydrogen-bond acceptors (Lipinski definition) is 6. The summed E-state index contributed by atoms with van der Waals surface area (Å²) in [6.07, 6.45) is 5.81. The zero-order valence-corrected chi connectivity index (χ0v) is 20.5. The van der Waals surface area contributed by atoms with Gasteiger partial charge in [-0.1, -0.05) is 66.8 Å². The van der Waals surface area contributed by atoms with Crippen molar-refractivity contribution in [1.82, 2.24) is 4.90 Å². The van der Waals surface area contributed by atoms with Crippen molar-refractivity contribution in [1.29, 1.82) is 0 Å². The van der Waals surface area contributed by atoms with Crippen molar-refractivity contribution >= 4 is 45.9 Å². The van der Waals surface area contributed by atoms with E-state index < -0.39 is 5.97 Å². The van der Waals surface area contributed by atoms with E-state index in [1.54, 1.807) is 11.0 Å². The second-order valence-corrected chi connectivity index (χ2v) is 9.64. The van der Waals surface area contributed by atoms with Gasteiger partial charge in [0.05, 0.1) is 10.6 Å². The Morgan fingerprint density at radius 1 is 1.06 bits per heavy atom. The third-order valence-electron chi connectivity index (χ3n) is 5.68. The normalized spacial score (nSPS) is 17.6. The lowest BCUT2D eigenvalue weighted by Gasteiger charge is -2.16. The molecular weight excluding hydrogens is 468 g/mol. The minimum atomic E-state index is -0.796. The minimum Gasteiger partial charge on any atom is -0.481 e. The molecule has 1 amide bonds. The molecule has 2 aliphatic rings. The molecule has 0 aromatic heterocycles. The van der Waals surface area contributed by atoms with Gasteiger partial charge in [-0.2, -0.15) is 0 Å². The number of hydrogen-bond donors (Lipinski definition) is 1. The second kappa shape index (κ2) is 10.9. The number of nitrogens with zero attached hydrogens (tertiary/aromatic N) is 2. The van der Waals surface area contributed by atoms with E-state index in [1.165, 1.54) is 11.8 Å². The number of aliphatic carboxylic acids is 1. The maximum absolute atomic E-state index is 12.8. The van der Waals surface area contributed by atoms with Gasteiger partial charge in [-0.05, 0) is 49.1 Å². The fourth-order valence-corrected chi connectivity index (χ4v) is 5.19. The number of carbonyl (C=O) groups excluding carboxylic acids is 1. The van der Waals surface area contributed by atoms with E-state index >= 15 is 0 Å². The molecule has 2 aliphatic heterocycles. The quantitative estimate of drug-likeness (QED) is 0.268. The van der Waals surface area contributed by atoms with Crippen LogP contribution in [0.2, 0.25) is 0 Å². The van der Waals surface area contributed by atoms with Crippen molar-refractivity contribution < 1.29 is 19.4 Å². The van der Waals surface area contributed by atoms with Crippen LogP contribution in [0.15, 0.2) is 71.5 Å². The number of carboxylic acids is 1. The molecule has 0 atom stereocenters. The molecule has 1 N–H and O–H groups in total. The Balaban J connectivity index is 1.45. The van der Waals surface area contributed by atoms with Gasteiger partial charge in [-0.3, -0.25) is 14.5 Å². The van der Waals surface area contributed by atoms with Crippen LogP contribution in [0.3, 0.4) is 0 Å². The summed E-state index contributed by atoms with van der Waals surface area (Å²) in [5.74, 6) is 0.544. The summed E-state index contributed by atoms with van der Waals surface area (Å²) >= 11 is 6.68. The molecule has 0 bridgehead atoms. The van der Waals surface area contributed by atoms with E-state index in [0.717, 1.165) is 42.0 Å². The van der Waals surface area contributed by atoms with Gasteiger partial charge in [0.25, 0.3) is 5.91 Å². The lowest BCUT2D eigenvalue weighted by Crippen LogP contribution is -2.29. The summed E-state index contributed by atoms with van der Waals surface area (Å²) in [4.78, 5) is 27.7. The molecule has 2 aromatic carbocycles. The molecular formula is C26H26N2O4S2. The average Bonchev–Trinajstić information content (AvgIpc) is 3.33. The highest BCUT2D eigenvalue weighted by Crippen LogP contribution is 2.41. The maximum atomic E-state index is 12.8. The largest absolute Gasteiger partial charge is 0.481 e. The Hall–Kier alpha value is -3.10. The number of carbonyl (C=O) groups is 2. The molecule has 0 unspecified atom stereocenters. The molecule has 1 fully saturated rings. The third kappa shape index (κ3) is 5.34. The Bertz CT molecular complexity index is 1160. The summed E-state index contributed by atoms with van der Waals surface area (Å²) in [6.45, 7) is 3.29. The number of unbranched alkanes of at least 4 members (excludes halogenated alkanes) is 2. The first kappa shape index (κ1) is 24.0. The summed E-state index contributed by atoms with van der Waals surface area (Å²) in [7, 11) is 0. The van der Waals surface area contributed by atoms with Crippen molar-refractivity contribution in [3.63, 3.8) is 0 Å². The molecule has 2 heterocycles. The highest BCUT2D eigenvalue weighted by atomic mass is 32.2. The molecule has 34 heavy (non-hydrogen) atoms. The number of carboxylic acid groups (broad SMARTS) is 1. The zero-order valence-electron chi connectivity index (χ0n) is 18.9. The summed E-state index contributed by atoms with van der Waals surface area (Å²) < 4.78 is 6.62. The molecule has 0 aliphatic carbocycles. The minimum absolute atomic E-state index is 0.116. The van der Waals surface area contributed by atoms with E-state index in [2.05, 4.69) is 30.0 Å². The summed E-state index contributed by atoms with van der Waals surface area (Å²) in [6, 6.07) is 16.4. The van der Waals surface area contributed by atoms with E-state index in [0.29, 0.717) is 28.1 Å². The Labute approximate surface area is 208 Å². The average molecular weight is 495 g/mol. The van der Waals surface area contributed by atoms with Crippen LogP contribution >= 0.6 is 24.0 Å². The van der Waals surface area contributed by atoms with Crippen LogP contribution in [-0.4, -0.2) is 39.3 Å². The Kier molecular flexibility index (Phi) is 7.70. The highest BCUT2D eigenvalue weighted by Gasteiger charge is 2.32. The van der Waals surface area contributed by atoms with Crippen LogP contribution in [0, 0.1) is 0 Å². The van der Waals surface area contributed by atoms with Gasteiger partial charge in [0.1, 0.15) is 4.32 Å². The predicted molar refractivity (Wildman–Crippen MR) is 140 cm³/mol. The first-order valence-electron chi connectivity index (χ1n) is 11.3. The number of ether oxygens (including phenoxy) is 1. The molecule has 2 aromatic rings. The summed E-state index contributed by atoms with van der Waals surface area (Å²) in [5, 5.41) is 8.74. The molecule has 6 nitrogen and oxygen atoms in total. The van der Waals surface area contributed by atoms with Gasteiger partial charge in [-0.15, -0.1) is 0 Å². The number of thioether (sulfide) groups is 1. The fourth-order valence-electron chi connectivity index (χ4n) is 3.94. The molecule has 0 saturated carbocycles. The number of allylic oxidation sites excluding steroid dienone is 2. The van der Waals surface area contributed by atoms with Gasteiger partial charge in [0.15, 0.2) is 5.75 Å². The van der Waals surface area contributed by atoms with Crippen molar-refractivity contribution in [2.45, 2.75) is 32.6 Å². The third-order valence-corrected chi connectivity index (χ3v) is 7.07. The number of thiocarbonyl (C=S) groups is 1. The van der Waals surface area contributed by atoms with Gasteiger partial charge in [0.2, 0.25) is 5.88 Å². The molecule has 0 radical (unpaired) electrons. The van der Waals surface area contributed by atoms with Gasteiger partial charge < -0.3 is 14.7 Å². The standard InChI is InChI=1S/C26H26N2O4S2/c1-2-27-20-17-19(18-9-5-3-6-10-18)12-13-21(20)32-23(27)15-14-22-25(31)28(26(33)34-22)16-8-4-7-11-24(29)30/h3,5-6,9-10,12-15,17H,2,4,7-8,11,16H2,1H3,(H,29,30). The Morgan fingerprint density at radius 3 is 2.59 bits per heavy atom. The van der Waals surface area contributed by atoms with Crippen molar-refractivity contribution in [3.05, 3.63) is 71.5 Å². The van der Waals surface area contributed by atoms with E-state index in [-0.39, 0.29) is 12.3 Å². The second-order valence-electron chi connectivity index (χ2n) is 7.96. The molecule has 176 valence electrons. The number of anilines is 1. The highest BCUT2D eigenvalue weighted by molar-refractivity contribution is 8.26. The molecule has 4 rings (SSSR count). The van der Waals surface area contributed by atoms with Crippen LogP contribution in [0.4, 0.5) is 5.69 Å². The van der Waals surface area contributed by atoms with Gasteiger partial charge in [0, 0.05) is 25.6 Å². The molecule has 8 heteroatoms. The summed E-state index contributed by atoms with van der Waals surface area (Å²) in [5.41, 5.74) is 3.26. The van der Waals surface area contributed by atoms with Gasteiger partial charge in [-0.25, -0.2) is 0 Å². The first-order chi connectivity index (χ1) is 16.5. The Morgan fingerprint density at radius 2 is 1.85 bits per heavy atom. The van der Waals surface area contributed by atoms with Crippen molar-refractivity contribution in [2.24, 2.45) is 0 Å². The van der Waals surface area contributed by atoms with Crippen LogP contribution in [0.25, 0.3) is 11.1 Å². The monoisotopic (exact) mass is 494 g/mol. The van der Waals surface area contributed by atoms with Crippen molar-refractivity contribution in [2.75, 3.05) is 18.0 Å².